The maximum atomic E-state index is 12.1. The predicted molar refractivity (Wildman–Crippen MR) is 72.7 cm³/mol. The van der Waals surface area contributed by atoms with Crippen LogP contribution in [0.4, 0.5) is 0 Å². The minimum Gasteiger partial charge on any atom is -0.493 e. The lowest BCUT2D eigenvalue weighted by molar-refractivity contribution is 0.0907. The SMILES string of the molecule is COc1cccc(C(=O)NCC(C)(C)CO)c1OC. The molecule has 0 spiro atoms. The third-order valence-electron chi connectivity index (χ3n) is 2.80. The summed E-state index contributed by atoms with van der Waals surface area (Å²) < 4.78 is 10.4. The van der Waals surface area contributed by atoms with Crippen LogP contribution in [0.2, 0.25) is 0 Å². The van der Waals surface area contributed by atoms with Gasteiger partial charge in [0.15, 0.2) is 11.5 Å². The fraction of sp³-hybridized carbons (Fsp3) is 0.500. The van der Waals surface area contributed by atoms with Crippen molar-refractivity contribution < 1.29 is 19.4 Å². The van der Waals surface area contributed by atoms with Gasteiger partial charge in [-0.05, 0) is 12.1 Å². The second-order valence-corrected chi connectivity index (χ2v) is 5.05. The number of rotatable bonds is 6. The van der Waals surface area contributed by atoms with Crippen molar-refractivity contribution in [1.82, 2.24) is 5.32 Å². The first-order valence-electron chi connectivity index (χ1n) is 6.05. The second-order valence-electron chi connectivity index (χ2n) is 5.05. The Kier molecular flexibility index (Phi) is 5.18. The fourth-order valence-corrected chi connectivity index (χ4v) is 1.54. The van der Waals surface area contributed by atoms with Crippen LogP contribution in [0.25, 0.3) is 0 Å². The van der Waals surface area contributed by atoms with Crippen molar-refractivity contribution in [3.05, 3.63) is 23.8 Å². The summed E-state index contributed by atoms with van der Waals surface area (Å²) in [5.41, 5.74) is 0.0532. The number of methoxy groups -OCH3 is 2. The average Bonchev–Trinajstić information content (AvgIpc) is 2.43. The number of aliphatic hydroxyl groups is 1. The van der Waals surface area contributed by atoms with Gasteiger partial charge in [-0.25, -0.2) is 0 Å². The van der Waals surface area contributed by atoms with E-state index in [0.29, 0.717) is 23.6 Å². The minimum atomic E-state index is -0.359. The molecule has 0 atom stereocenters. The number of para-hydroxylation sites is 1. The Hall–Kier alpha value is -1.75. The summed E-state index contributed by atoms with van der Waals surface area (Å²) >= 11 is 0. The largest absolute Gasteiger partial charge is 0.493 e. The molecule has 0 aromatic heterocycles. The molecule has 0 saturated carbocycles. The lowest BCUT2D eigenvalue weighted by Gasteiger charge is -2.22. The van der Waals surface area contributed by atoms with E-state index < -0.39 is 0 Å². The van der Waals surface area contributed by atoms with Crippen LogP contribution in [0.5, 0.6) is 11.5 Å². The summed E-state index contributed by atoms with van der Waals surface area (Å²) in [7, 11) is 3.01. The molecule has 0 saturated heterocycles. The van der Waals surface area contributed by atoms with E-state index >= 15 is 0 Å². The third kappa shape index (κ3) is 3.86. The van der Waals surface area contributed by atoms with E-state index in [4.69, 9.17) is 14.6 Å². The van der Waals surface area contributed by atoms with E-state index in [1.807, 2.05) is 13.8 Å². The molecule has 5 heteroatoms. The molecular formula is C14H21NO4. The zero-order chi connectivity index (χ0) is 14.5. The highest BCUT2D eigenvalue weighted by Gasteiger charge is 2.20. The molecule has 0 aliphatic rings. The number of ether oxygens (including phenoxy) is 2. The molecule has 0 aliphatic heterocycles. The summed E-state index contributed by atoms with van der Waals surface area (Å²) in [6, 6.07) is 5.13. The van der Waals surface area contributed by atoms with Crippen molar-refractivity contribution in [2.45, 2.75) is 13.8 Å². The van der Waals surface area contributed by atoms with Crippen LogP contribution in [0.1, 0.15) is 24.2 Å². The van der Waals surface area contributed by atoms with Gasteiger partial charge in [-0.3, -0.25) is 4.79 Å². The number of amides is 1. The summed E-state index contributed by atoms with van der Waals surface area (Å²) in [6.07, 6.45) is 0. The smallest absolute Gasteiger partial charge is 0.255 e. The van der Waals surface area contributed by atoms with Crippen LogP contribution in [0.15, 0.2) is 18.2 Å². The molecule has 19 heavy (non-hydrogen) atoms. The number of carbonyl (C=O) groups excluding carboxylic acids is 1. The second kappa shape index (κ2) is 6.43. The van der Waals surface area contributed by atoms with Crippen LogP contribution < -0.4 is 14.8 Å². The number of hydrogen-bond donors (Lipinski definition) is 2. The van der Waals surface area contributed by atoms with Gasteiger partial charge in [0.2, 0.25) is 0 Å². The van der Waals surface area contributed by atoms with Gasteiger partial charge in [0.05, 0.1) is 19.8 Å². The van der Waals surface area contributed by atoms with E-state index in [1.165, 1.54) is 14.2 Å². The molecule has 1 aromatic carbocycles. The fourth-order valence-electron chi connectivity index (χ4n) is 1.54. The normalized spacial score (nSPS) is 11.0. The average molecular weight is 267 g/mol. The number of carbonyl (C=O) groups is 1. The molecule has 1 aromatic rings. The highest BCUT2D eigenvalue weighted by atomic mass is 16.5. The van der Waals surface area contributed by atoms with Gasteiger partial charge in [-0.2, -0.15) is 0 Å². The highest BCUT2D eigenvalue weighted by molar-refractivity contribution is 5.97. The van der Waals surface area contributed by atoms with Crippen LogP contribution in [0.3, 0.4) is 0 Å². The zero-order valence-electron chi connectivity index (χ0n) is 11.8. The van der Waals surface area contributed by atoms with Crippen molar-refractivity contribution >= 4 is 5.91 Å². The van der Waals surface area contributed by atoms with Crippen LogP contribution in [-0.4, -0.2) is 38.4 Å². The van der Waals surface area contributed by atoms with Gasteiger partial charge in [0.25, 0.3) is 5.91 Å². The molecule has 0 fully saturated rings. The Balaban J connectivity index is 2.88. The first-order valence-corrected chi connectivity index (χ1v) is 6.05. The van der Waals surface area contributed by atoms with Crippen molar-refractivity contribution in [2.75, 3.05) is 27.4 Å². The standard InChI is InChI=1S/C14H21NO4/c1-14(2,9-16)8-15-13(17)10-6-5-7-11(18-3)12(10)19-4/h5-7,16H,8-9H2,1-4H3,(H,15,17). The maximum absolute atomic E-state index is 12.1. The number of nitrogens with one attached hydrogen (secondary N) is 1. The molecule has 1 rings (SSSR count). The van der Waals surface area contributed by atoms with E-state index in [9.17, 15) is 4.79 Å². The van der Waals surface area contributed by atoms with Crippen LogP contribution in [0, 0.1) is 5.41 Å². The van der Waals surface area contributed by atoms with Crippen LogP contribution >= 0.6 is 0 Å². The third-order valence-corrected chi connectivity index (χ3v) is 2.80. The molecule has 0 bridgehead atoms. The van der Waals surface area contributed by atoms with Gasteiger partial charge >= 0.3 is 0 Å². The van der Waals surface area contributed by atoms with Crippen LogP contribution in [-0.2, 0) is 0 Å². The molecule has 106 valence electrons. The molecule has 0 heterocycles. The minimum absolute atomic E-state index is 0.00251. The molecule has 5 nitrogen and oxygen atoms in total. The number of hydrogen-bond acceptors (Lipinski definition) is 4. The molecular weight excluding hydrogens is 246 g/mol. The summed E-state index contributed by atoms with van der Waals surface area (Å²) in [6.45, 7) is 4.12. The van der Waals surface area contributed by atoms with Gasteiger partial charge in [-0.1, -0.05) is 19.9 Å². The highest BCUT2D eigenvalue weighted by Crippen LogP contribution is 2.30. The number of aliphatic hydroxyl groups excluding tert-OH is 1. The Morgan fingerprint density at radius 3 is 2.53 bits per heavy atom. The summed E-state index contributed by atoms with van der Waals surface area (Å²) in [5.74, 6) is 0.665. The van der Waals surface area contributed by atoms with Crippen molar-refractivity contribution in [3.63, 3.8) is 0 Å². The molecule has 0 radical (unpaired) electrons. The van der Waals surface area contributed by atoms with Gasteiger partial charge in [0, 0.05) is 18.6 Å². The zero-order valence-corrected chi connectivity index (χ0v) is 11.8. The van der Waals surface area contributed by atoms with Crippen molar-refractivity contribution in [2.24, 2.45) is 5.41 Å². The Morgan fingerprint density at radius 1 is 1.32 bits per heavy atom. The van der Waals surface area contributed by atoms with Gasteiger partial charge in [0.1, 0.15) is 0 Å². The van der Waals surface area contributed by atoms with Gasteiger partial charge < -0.3 is 19.9 Å². The Labute approximate surface area is 113 Å². The molecule has 1 amide bonds. The lowest BCUT2D eigenvalue weighted by Crippen LogP contribution is -2.36. The molecule has 2 N–H and O–H groups in total. The van der Waals surface area contributed by atoms with E-state index in [1.54, 1.807) is 18.2 Å². The topological polar surface area (TPSA) is 67.8 Å². The van der Waals surface area contributed by atoms with Crippen molar-refractivity contribution in [3.8, 4) is 11.5 Å². The Bertz CT molecular complexity index is 443. The maximum Gasteiger partial charge on any atom is 0.255 e. The summed E-state index contributed by atoms with van der Waals surface area (Å²) in [5, 5.41) is 11.9. The van der Waals surface area contributed by atoms with Gasteiger partial charge in [-0.15, -0.1) is 0 Å². The van der Waals surface area contributed by atoms with E-state index in [2.05, 4.69) is 5.32 Å². The summed E-state index contributed by atoms with van der Waals surface area (Å²) in [4.78, 5) is 12.1. The predicted octanol–water partition coefficient (Wildman–Crippen LogP) is 1.45. The monoisotopic (exact) mass is 267 g/mol. The first-order chi connectivity index (χ1) is 8.95. The Morgan fingerprint density at radius 2 is 2.00 bits per heavy atom. The molecule has 0 unspecified atom stereocenters. The molecule has 0 aliphatic carbocycles. The quantitative estimate of drug-likeness (QED) is 0.818. The first kappa shape index (κ1) is 15.3. The van der Waals surface area contributed by atoms with E-state index in [-0.39, 0.29) is 17.9 Å². The van der Waals surface area contributed by atoms with E-state index in [0.717, 1.165) is 0 Å². The number of benzene rings is 1. The lowest BCUT2D eigenvalue weighted by atomic mass is 9.95. The van der Waals surface area contributed by atoms with Crippen molar-refractivity contribution in [1.29, 1.82) is 0 Å².